The molecule has 0 unspecified atom stereocenters. The molecular formula is C14H13F3N6O2S. The molecule has 0 fully saturated rings. The van der Waals surface area contributed by atoms with E-state index in [1.54, 1.807) is 6.07 Å². The van der Waals surface area contributed by atoms with Crippen LogP contribution in [0, 0.1) is 0 Å². The molecule has 3 rings (SSSR count). The molecule has 0 aliphatic heterocycles. The van der Waals surface area contributed by atoms with Crippen LogP contribution < -0.4 is 11.0 Å². The second-order valence-electron chi connectivity index (χ2n) is 5.29. The highest BCUT2D eigenvalue weighted by molar-refractivity contribution is 7.13. The smallest absolute Gasteiger partial charge is 0.349 e. The molecule has 0 spiro atoms. The minimum Gasteiger partial charge on any atom is -0.349 e. The van der Waals surface area contributed by atoms with E-state index < -0.39 is 23.6 Å². The number of carbonyl (C=O) groups excluding carboxylic acids is 1. The molecular weight excluding hydrogens is 373 g/mol. The molecule has 0 atom stereocenters. The van der Waals surface area contributed by atoms with E-state index in [4.69, 9.17) is 0 Å². The third kappa shape index (κ3) is 3.54. The highest BCUT2D eigenvalue weighted by atomic mass is 32.1. The molecule has 12 heteroatoms. The molecule has 0 radical (unpaired) electrons. The molecule has 0 aromatic carbocycles. The zero-order valence-corrected chi connectivity index (χ0v) is 14.2. The second-order valence-corrected chi connectivity index (χ2v) is 6.23. The maximum Gasteiger partial charge on any atom is 0.451 e. The SMILES string of the molecule is Cn1c(C(F)(F)F)nn(CCNC(=O)c2cc(-c3cccs3)[nH]n2)c1=O. The number of H-pyrrole nitrogens is 1. The van der Waals surface area contributed by atoms with Crippen LogP contribution in [-0.4, -0.2) is 37.0 Å². The minimum absolute atomic E-state index is 0.0752. The molecule has 2 N–H and O–H groups in total. The highest BCUT2D eigenvalue weighted by Gasteiger charge is 2.37. The number of carbonyl (C=O) groups is 1. The third-order valence-electron chi connectivity index (χ3n) is 3.50. The van der Waals surface area contributed by atoms with Gasteiger partial charge < -0.3 is 5.32 Å². The number of alkyl halides is 3. The first kappa shape index (κ1) is 17.9. The fourth-order valence-electron chi connectivity index (χ4n) is 2.24. The summed E-state index contributed by atoms with van der Waals surface area (Å²) < 4.78 is 39.2. The monoisotopic (exact) mass is 386 g/mol. The van der Waals surface area contributed by atoms with Crippen LogP contribution in [0.15, 0.2) is 28.4 Å². The van der Waals surface area contributed by atoms with Gasteiger partial charge in [0, 0.05) is 13.6 Å². The van der Waals surface area contributed by atoms with Crippen molar-refractivity contribution in [1.82, 2.24) is 29.9 Å². The Balaban J connectivity index is 1.62. The van der Waals surface area contributed by atoms with E-state index in [1.807, 2.05) is 17.5 Å². The summed E-state index contributed by atoms with van der Waals surface area (Å²) in [7, 11) is 0.989. The number of hydrogen-bond acceptors (Lipinski definition) is 5. The highest BCUT2D eigenvalue weighted by Crippen LogP contribution is 2.26. The number of nitrogens with one attached hydrogen (secondary N) is 2. The number of aromatic amines is 1. The summed E-state index contributed by atoms with van der Waals surface area (Å²) in [6.07, 6.45) is -4.73. The van der Waals surface area contributed by atoms with Crippen molar-refractivity contribution in [3.63, 3.8) is 0 Å². The van der Waals surface area contributed by atoms with Crippen molar-refractivity contribution in [2.45, 2.75) is 12.7 Å². The summed E-state index contributed by atoms with van der Waals surface area (Å²) >= 11 is 1.48. The van der Waals surface area contributed by atoms with Gasteiger partial charge in [-0.2, -0.15) is 18.3 Å². The van der Waals surface area contributed by atoms with Gasteiger partial charge in [0.25, 0.3) is 5.91 Å². The Labute approximate surface area is 148 Å². The molecule has 0 aliphatic carbocycles. The summed E-state index contributed by atoms with van der Waals surface area (Å²) in [5.74, 6) is -1.80. The second kappa shape index (κ2) is 6.78. The van der Waals surface area contributed by atoms with Crippen LogP contribution in [0.25, 0.3) is 10.6 Å². The van der Waals surface area contributed by atoms with Gasteiger partial charge in [-0.3, -0.25) is 14.5 Å². The number of amides is 1. The van der Waals surface area contributed by atoms with E-state index in [0.717, 1.165) is 11.9 Å². The lowest BCUT2D eigenvalue weighted by Crippen LogP contribution is -2.32. The third-order valence-corrected chi connectivity index (χ3v) is 4.40. The van der Waals surface area contributed by atoms with Crippen LogP contribution in [0.5, 0.6) is 0 Å². The Bertz CT molecular complexity index is 970. The molecule has 8 nitrogen and oxygen atoms in total. The minimum atomic E-state index is -4.73. The normalized spacial score (nSPS) is 11.7. The van der Waals surface area contributed by atoms with Gasteiger partial charge >= 0.3 is 11.9 Å². The molecule has 3 heterocycles. The Morgan fingerprint density at radius 3 is 2.81 bits per heavy atom. The van der Waals surface area contributed by atoms with Gasteiger partial charge in [-0.1, -0.05) is 6.07 Å². The van der Waals surface area contributed by atoms with Crippen molar-refractivity contribution in [2.75, 3.05) is 6.54 Å². The number of halogens is 3. The summed E-state index contributed by atoms with van der Waals surface area (Å²) in [6.45, 7) is -0.273. The zero-order chi connectivity index (χ0) is 18.9. The first-order valence-corrected chi connectivity index (χ1v) is 8.24. The van der Waals surface area contributed by atoms with E-state index in [-0.39, 0.29) is 18.8 Å². The Kier molecular flexibility index (Phi) is 4.68. The van der Waals surface area contributed by atoms with Crippen molar-refractivity contribution in [1.29, 1.82) is 0 Å². The first-order valence-electron chi connectivity index (χ1n) is 7.36. The molecule has 1 amide bonds. The number of thiophene rings is 1. The number of rotatable bonds is 5. The van der Waals surface area contributed by atoms with Crippen LogP contribution in [0.3, 0.4) is 0 Å². The standard InChI is InChI=1S/C14H13F3N6O2S/c1-22-12(14(15,16)17)21-23(13(22)25)5-4-18-11(24)9-7-8(19-20-9)10-3-2-6-26-10/h2-3,6-7H,4-5H2,1H3,(H,18,24)(H,19,20). The molecule has 3 aromatic rings. The summed E-state index contributed by atoms with van der Waals surface area (Å²) in [5, 5.41) is 14.3. The Morgan fingerprint density at radius 1 is 1.42 bits per heavy atom. The lowest BCUT2D eigenvalue weighted by Gasteiger charge is -2.03. The van der Waals surface area contributed by atoms with Gasteiger partial charge in [0.1, 0.15) is 0 Å². The molecule has 0 saturated carbocycles. The summed E-state index contributed by atoms with van der Waals surface area (Å²) in [5.41, 5.74) is -0.0926. The van der Waals surface area contributed by atoms with E-state index in [9.17, 15) is 22.8 Å². The lowest BCUT2D eigenvalue weighted by atomic mass is 10.3. The van der Waals surface area contributed by atoms with Crippen molar-refractivity contribution < 1.29 is 18.0 Å². The zero-order valence-electron chi connectivity index (χ0n) is 13.4. The van der Waals surface area contributed by atoms with Crippen LogP contribution in [0.2, 0.25) is 0 Å². The van der Waals surface area contributed by atoms with Gasteiger partial charge in [-0.15, -0.1) is 16.4 Å². The number of hydrogen-bond donors (Lipinski definition) is 2. The van der Waals surface area contributed by atoms with E-state index in [2.05, 4.69) is 20.6 Å². The molecule has 138 valence electrons. The van der Waals surface area contributed by atoms with E-state index >= 15 is 0 Å². The van der Waals surface area contributed by atoms with Crippen LogP contribution in [0.4, 0.5) is 13.2 Å². The van der Waals surface area contributed by atoms with E-state index in [1.165, 1.54) is 11.3 Å². The average molecular weight is 386 g/mol. The molecule has 3 aromatic heterocycles. The maximum atomic E-state index is 12.7. The van der Waals surface area contributed by atoms with Gasteiger partial charge in [0.05, 0.1) is 17.1 Å². The van der Waals surface area contributed by atoms with Crippen LogP contribution in [-0.2, 0) is 19.8 Å². The Hall–Kier alpha value is -2.89. The van der Waals surface area contributed by atoms with Gasteiger partial charge in [-0.05, 0) is 17.5 Å². The predicted octanol–water partition coefficient (Wildman–Crippen LogP) is 1.48. The number of nitrogens with zero attached hydrogens (tertiary/aromatic N) is 4. The quantitative estimate of drug-likeness (QED) is 0.694. The maximum absolute atomic E-state index is 12.7. The van der Waals surface area contributed by atoms with Gasteiger partial charge in [0.15, 0.2) is 5.69 Å². The topological polar surface area (TPSA) is 97.6 Å². The van der Waals surface area contributed by atoms with Crippen LogP contribution >= 0.6 is 11.3 Å². The van der Waals surface area contributed by atoms with Gasteiger partial charge in [0.2, 0.25) is 5.82 Å². The van der Waals surface area contributed by atoms with E-state index in [0.29, 0.717) is 14.9 Å². The van der Waals surface area contributed by atoms with Crippen molar-refractivity contribution >= 4 is 17.2 Å². The number of aromatic nitrogens is 5. The van der Waals surface area contributed by atoms with Crippen molar-refractivity contribution in [2.24, 2.45) is 7.05 Å². The largest absolute Gasteiger partial charge is 0.451 e. The average Bonchev–Trinajstić information content (AvgIpc) is 3.29. The van der Waals surface area contributed by atoms with Crippen molar-refractivity contribution in [3.8, 4) is 10.6 Å². The van der Waals surface area contributed by atoms with Crippen LogP contribution in [0.1, 0.15) is 16.3 Å². The molecule has 26 heavy (non-hydrogen) atoms. The predicted molar refractivity (Wildman–Crippen MR) is 86.7 cm³/mol. The summed E-state index contributed by atoms with van der Waals surface area (Å²) in [6, 6.07) is 5.29. The molecule has 0 saturated heterocycles. The van der Waals surface area contributed by atoms with Gasteiger partial charge in [-0.25, -0.2) is 9.48 Å². The Morgan fingerprint density at radius 2 is 2.19 bits per heavy atom. The fraction of sp³-hybridized carbons (Fsp3) is 0.286. The lowest BCUT2D eigenvalue weighted by molar-refractivity contribution is -0.147. The fourth-order valence-corrected chi connectivity index (χ4v) is 2.93. The first-order chi connectivity index (χ1) is 12.3. The molecule has 0 bridgehead atoms. The summed E-state index contributed by atoms with van der Waals surface area (Å²) in [4.78, 5) is 24.7. The van der Waals surface area contributed by atoms with Crippen molar-refractivity contribution in [3.05, 3.63) is 45.6 Å². The molecule has 0 aliphatic rings.